The maximum Gasteiger partial charge on any atom is 0.393 e. The van der Waals surface area contributed by atoms with Crippen LogP contribution < -0.4 is 0 Å². The van der Waals surface area contributed by atoms with Gasteiger partial charge in [-0.25, -0.2) is 0 Å². The Morgan fingerprint density at radius 1 is 0.526 bits per heavy atom. The summed E-state index contributed by atoms with van der Waals surface area (Å²) in [5, 5.41) is -6.84. The molecular weight excluding hydrogens is 598 g/mol. The van der Waals surface area contributed by atoms with Crippen LogP contribution in [0.1, 0.15) is 52.4 Å². The molecule has 0 unspecified atom stereocenters. The number of amides is 1. The molecule has 19 heteroatoms. The molecule has 2 nitrogen and oxygen atoms in total. The second-order valence-corrected chi connectivity index (χ2v) is 8.70. The Morgan fingerprint density at radius 3 is 1.11 bits per heavy atom. The lowest BCUT2D eigenvalue weighted by molar-refractivity contribution is -0.446. The molecule has 0 fully saturated rings. The number of hydrogen-bond acceptors (Lipinski definition) is 1. The lowest BCUT2D eigenvalue weighted by atomic mass is 9.88. The predicted octanol–water partition coefficient (Wildman–Crippen LogP) is 8.47. The average molecular weight is 620 g/mol. The monoisotopic (exact) mass is 619 g/mol. The van der Waals surface area contributed by atoms with Crippen molar-refractivity contribution < 1.29 is 75.0 Å². The normalized spacial score (nSPS) is 15.1. The molecule has 38 heavy (non-hydrogen) atoms. The molecule has 0 rings (SSSR count). The summed E-state index contributed by atoms with van der Waals surface area (Å²) in [6.45, 7) is 1.45. The molecule has 0 N–H and O–H groups in total. The van der Waals surface area contributed by atoms with Crippen LogP contribution in [0.4, 0.5) is 70.2 Å². The summed E-state index contributed by atoms with van der Waals surface area (Å²) in [6, 6.07) is 0. The van der Waals surface area contributed by atoms with E-state index in [-0.39, 0.29) is 30.6 Å². The van der Waals surface area contributed by atoms with E-state index in [0.29, 0.717) is 12.8 Å². The molecule has 0 radical (unpaired) electrons. The minimum absolute atomic E-state index is 0.161. The van der Waals surface area contributed by atoms with Crippen LogP contribution in [0.3, 0.4) is 0 Å². The van der Waals surface area contributed by atoms with E-state index in [2.05, 4.69) is 11.6 Å². The van der Waals surface area contributed by atoms with E-state index >= 15 is 0 Å². The lowest BCUT2D eigenvalue weighted by Crippen LogP contribution is -2.75. The van der Waals surface area contributed by atoms with Crippen LogP contribution in [-0.4, -0.2) is 70.7 Å². The molecule has 0 aliphatic carbocycles. The van der Waals surface area contributed by atoms with E-state index in [4.69, 9.17) is 0 Å². The number of nitrogens with zero attached hydrogens (tertiary/aromatic N) is 1. The van der Waals surface area contributed by atoms with Gasteiger partial charge in [-0.1, -0.05) is 39.5 Å². The average Bonchev–Trinajstić information content (AvgIpc) is 2.76. The largest absolute Gasteiger partial charge is 0.393 e. The van der Waals surface area contributed by atoms with E-state index in [9.17, 15) is 75.0 Å². The highest BCUT2D eigenvalue weighted by atomic mass is 35.5. The second kappa shape index (κ2) is 11.6. The summed E-state index contributed by atoms with van der Waals surface area (Å²) in [7, 11) is 0. The van der Waals surface area contributed by atoms with E-state index in [0.717, 1.165) is 0 Å². The molecule has 0 atom stereocenters. The van der Waals surface area contributed by atoms with Gasteiger partial charge < -0.3 is 4.90 Å². The molecule has 0 spiro atoms. The number of carbonyl (C=O) groups is 1. The maximum absolute atomic E-state index is 14.3. The van der Waals surface area contributed by atoms with Gasteiger partial charge in [0.15, 0.2) is 0 Å². The van der Waals surface area contributed by atoms with Crippen LogP contribution >= 0.6 is 11.6 Å². The van der Waals surface area contributed by atoms with Gasteiger partial charge in [0, 0.05) is 13.1 Å². The van der Waals surface area contributed by atoms with Crippen LogP contribution in [0.2, 0.25) is 0 Å². The first kappa shape index (κ1) is 36.6. The molecule has 0 saturated carbocycles. The molecule has 228 valence electrons. The fourth-order valence-corrected chi connectivity index (χ4v) is 3.04. The first-order chi connectivity index (χ1) is 16.7. The van der Waals surface area contributed by atoms with Crippen molar-refractivity contribution in [3.63, 3.8) is 0 Å². The van der Waals surface area contributed by atoms with Crippen molar-refractivity contribution in [1.82, 2.24) is 4.90 Å². The topological polar surface area (TPSA) is 20.3 Å². The zero-order valence-electron chi connectivity index (χ0n) is 19.4. The predicted molar refractivity (Wildman–Crippen MR) is 101 cm³/mol. The minimum Gasteiger partial charge on any atom is -0.337 e. The van der Waals surface area contributed by atoms with Crippen LogP contribution in [-0.2, 0) is 4.79 Å². The van der Waals surface area contributed by atoms with Gasteiger partial charge in [0.25, 0.3) is 5.91 Å². The van der Waals surface area contributed by atoms with Gasteiger partial charge >= 0.3 is 46.8 Å². The number of unbranched alkanes of at least 4 members (excludes halogenated alkanes) is 4. The number of carbonyl (C=O) groups excluding carboxylic acids is 1. The number of alkyl halides is 17. The van der Waals surface area contributed by atoms with E-state index in [1.165, 1.54) is 0 Å². The lowest BCUT2D eigenvalue weighted by Gasteiger charge is -2.43. The standard InChI is InChI=1S/C19H22ClF16NO/c1-3-5-7-9-37(10-8-6-4-2)11(38)12(21,22)13(23,24)14(25,26)15(27,28)16(29,30)17(31,32)18(33,34)19(20,35)36/h3-10H2,1-2H3. The third kappa shape index (κ3) is 5.88. The van der Waals surface area contributed by atoms with E-state index < -0.39 is 65.8 Å². The van der Waals surface area contributed by atoms with Crippen molar-refractivity contribution in [3.05, 3.63) is 0 Å². The van der Waals surface area contributed by atoms with Crippen LogP contribution in [0.25, 0.3) is 0 Å². The first-order valence-electron chi connectivity index (χ1n) is 10.7. The summed E-state index contributed by atoms with van der Waals surface area (Å²) >= 11 is 3.48. The molecule has 0 aliphatic heterocycles. The fraction of sp³-hybridized carbons (Fsp3) is 0.947. The molecule has 0 aromatic rings. The van der Waals surface area contributed by atoms with Crippen molar-refractivity contribution in [2.75, 3.05) is 13.1 Å². The Balaban J connectivity index is 6.67. The van der Waals surface area contributed by atoms with Gasteiger partial charge in [-0.3, -0.25) is 4.79 Å². The Labute approximate surface area is 210 Å². The summed E-state index contributed by atoms with van der Waals surface area (Å²) in [4.78, 5) is 11.9. The van der Waals surface area contributed by atoms with Crippen molar-refractivity contribution in [1.29, 1.82) is 0 Å². The Hall–Kier alpha value is -1.36. The quantitative estimate of drug-likeness (QED) is 0.0964. The summed E-state index contributed by atoms with van der Waals surface area (Å²) in [5.41, 5.74) is 0. The van der Waals surface area contributed by atoms with Crippen molar-refractivity contribution in [3.8, 4) is 0 Å². The molecule has 0 heterocycles. The first-order valence-corrected chi connectivity index (χ1v) is 11.1. The number of halogens is 17. The molecule has 0 saturated heterocycles. The number of hydrogen-bond donors (Lipinski definition) is 0. The van der Waals surface area contributed by atoms with Crippen LogP contribution in [0, 0.1) is 0 Å². The molecule has 0 bridgehead atoms. The molecular formula is C19H22ClF16NO. The van der Waals surface area contributed by atoms with Gasteiger partial charge in [0.05, 0.1) is 0 Å². The molecule has 0 aliphatic rings. The van der Waals surface area contributed by atoms with Crippen LogP contribution in [0.5, 0.6) is 0 Å². The molecule has 0 aromatic heterocycles. The van der Waals surface area contributed by atoms with E-state index in [1.807, 2.05) is 0 Å². The van der Waals surface area contributed by atoms with Gasteiger partial charge in [0.1, 0.15) is 0 Å². The third-order valence-corrected chi connectivity index (χ3v) is 5.58. The Kier molecular flexibility index (Phi) is 11.2. The van der Waals surface area contributed by atoms with Gasteiger partial charge in [-0.05, 0) is 24.4 Å². The fourth-order valence-electron chi connectivity index (χ4n) is 2.92. The second-order valence-electron chi connectivity index (χ2n) is 8.22. The zero-order valence-corrected chi connectivity index (χ0v) is 20.2. The van der Waals surface area contributed by atoms with Gasteiger partial charge in [0.2, 0.25) is 0 Å². The van der Waals surface area contributed by atoms with Gasteiger partial charge in [-0.15, -0.1) is 0 Å². The Morgan fingerprint density at radius 2 is 0.816 bits per heavy atom. The van der Waals surface area contributed by atoms with Crippen LogP contribution in [0.15, 0.2) is 0 Å². The maximum atomic E-state index is 14.3. The zero-order chi connectivity index (χ0) is 30.8. The van der Waals surface area contributed by atoms with Crippen molar-refractivity contribution >= 4 is 17.5 Å². The SMILES string of the molecule is CCCCCN(CCCCC)C(=O)C(F)(F)C(F)(F)C(F)(F)C(F)(F)C(F)(F)C(F)(F)C(F)(F)C(F)(F)Cl. The highest BCUT2D eigenvalue weighted by molar-refractivity contribution is 6.22. The van der Waals surface area contributed by atoms with Gasteiger partial charge in [-0.2, -0.15) is 70.2 Å². The van der Waals surface area contributed by atoms with E-state index in [1.54, 1.807) is 13.8 Å². The smallest absolute Gasteiger partial charge is 0.337 e. The highest BCUT2D eigenvalue weighted by Gasteiger charge is 2.95. The summed E-state index contributed by atoms with van der Waals surface area (Å²) in [5.74, 6) is -59.9. The third-order valence-electron chi connectivity index (χ3n) is 5.34. The molecule has 0 aromatic carbocycles. The summed E-state index contributed by atoms with van der Waals surface area (Å²) in [6.07, 6.45) is 0.623. The Bertz CT molecular complexity index is 786. The highest BCUT2D eigenvalue weighted by Crippen LogP contribution is 2.64. The van der Waals surface area contributed by atoms with Crippen molar-refractivity contribution in [2.45, 2.75) is 99.2 Å². The molecule has 1 amide bonds. The van der Waals surface area contributed by atoms with Crippen molar-refractivity contribution in [2.24, 2.45) is 0 Å². The minimum atomic E-state index is -8.59. The summed E-state index contributed by atoms with van der Waals surface area (Å²) < 4.78 is 218. The number of rotatable bonds is 16.